The Morgan fingerprint density at radius 2 is 2.13 bits per heavy atom. The van der Waals surface area contributed by atoms with E-state index >= 15 is 0 Å². The number of unbranched alkanes of at least 4 members (excludes halogenated alkanes) is 1. The number of halogens is 3. The van der Waals surface area contributed by atoms with Crippen LogP contribution in [0.15, 0.2) is 18.2 Å². The third kappa shape index (κ3) is 7.86. The molecule has 0 unspecified atom stereocenters. The predicted octanol–water partition coefficient (Wildman–Crippen LogP) is 3.60. The Kier molecular flexibility index (Phi) is 10.5. The van der Waals surface area contributed by atoms with Crippen LogP contribution in [0.1, 0.15) is 12.8 Å². The number of hydrogen-bond donors (Lipinski definition) is 0. The molecule has 0 saturated heterocycles. The van der Waals surface area contributed by atoms with E-state index in [1.54, 1.807) is 0 Å². The summed E-state index contributed by atoms with van der Waals surface area (Å²) in [4.78, 5) is 0. The minimum atomic E-state index is -0.348. The van der Waals surface area contributed by atoms with Crippen molar-refractivity contribution in [2.45, 2.75) is 12.8 Å². The van der Waals surface area contributed by atoms with Gasteiger partial charge in [-0.15, -0.1) is 12.1 Å². The molecule has 0 atom stereocenters. The van der Waals surface area contributed by atoms with Crippen LogP contribution in [0.4, 0.5) is 8.78 Å². The van der Waals surface area contributed by atoms with E-state index < -0.39 is 0 Å². The number of rotatable bonds is 5. The van der Waals surface area contributed by atoms with E-state index in [0.29, 0.717) is 25.2 Å². The molecule has 0 radical (unpaired) electrons. The molecule has 0 aliphatic rings. The first kappa shape index (κ1) is 15.0. The van der Waals surface area contributed by atoms with Crippen molar-refractivity contribution in [3.63, 3.8) is 0 Å². The fourth-order valence-electron chi connectivity index (χ4n) is 0.880. The summed E-state index contributed by atoms with van der Waals surface area (Å²) in [6, 6.07) is 6.75. The second-order valence-corrected chi connectivity index (χ2v) is 2.62. The van der Waals surface area contributed by atoms with E-state index in [2.05, 4.69) is 19.7 Å². The van der Waals surface area contributed by atoms with Gasteiger partial charge < -0.3 is 4.74 Å². The molecule has 0 amide bonds. The normalized spacial score (nSPS) is 9.13. The molecule has 0 aliphatic heterocycles. The van der Waals surface area contributed by atoms with Crippen LogP contribution in [0, 0.1) is 11.9 Å². The standard InChI is InChI=1S/C10H11F2O.BrH.Zn/c11-6-1-2-7-13-10-5-3-4-9(12)8-10;;/h3-4,8H,1-2,6-7H2;1H;/q-1;;+2/p-1. The molecule has 1 rings (SSSR count). The topological polar surface area (TPSA) is 9.23 Å². The van der Waals surface area contributed by atoms with Crippen molar-refractivity contribution in [2.75, 3.05) is 13.3 Å². The fourth-order valence-corrected chi connectivity index (χ4v) is 0.880. The molecule has 0 bridgehead atoms. The molecule has 1 aromatic carbocycles. The second kappa shape index (κ2) is 10.5. The Bertz CT molecular complexity index is 261. The molecule has 0 fully saturated rings. The second-order valence-electron chi connectivity index (χ2n) is 2.62. The van der Waals surface area contributed by atoms with Crippen LogP contribution < -0.4 is 4.74 Å². The zero-order chi connectivity index (χ0) is 11.5. The molecule has 0 aromatic heterocycles. The molecular formula is C10H11BrF2OZn. The van der Waals surface area contributed by atoms with E-state index in [1.165, 1.54) is 34.5 Å². The summed E-state index contributed by atoms with van der Waals surface area (Å²) < 4.78 is 29.4. The maximum absolute atomic E-state index is 12.6. The van der Waals surface area contributed by atoms with Gasteiger partial charge in [-0.2, -0.15) is 6.07 Å². The third-order valence-electron chi connectivity index (χ3n) is 1.52. The van der Waals surface area contributed by atoms with Gasteiger partial charge in [0.1, 0.15) is 0 Å². The molecule has 5 heteroatoms. The third-order valence-corrected chi connectivity index (χ3v) is 1.52. The van der Waals surface area contributed by atoms with Gasteiger partial charge in [0.25, 0.3) is 0 Å². The Hall–Kier alpha value is -0.0166. The van der Waals surface area contributed by atoms with Gasteiger partial charge in [0.15, 0.2) is 0 Å². The van der Waals surface area contributed by atoms with Gasteiger partial charge in [0.05, 0.1) is 13.3 Å². The van der Waals surface area contributed by atoms with Gasteiger partial charge in [0, 0.05) is 11.6 Å². The molecule has 15 heavy (non-hydrogen) atoms. The Balaban J connectivity index is 0.000000921. The van der Waals surface area contributed by atoms with Crippen molar-refractivity contribution < 1.29 is 29.9 Å². The average Bonchev–Trinajstić information content (AvgIpc) is 2.27. The summed E-state index contributed by atoms with van der Waals surface area (Å²) in [6.07, 6.45) is 1.12. The van der Waals surface area contributed by atoms with Crippen molar-refractivity contribution in [3.8, 4) is 5.75 Å². The summed E-state index contributed by atoms with van der Waals surface area (Å²) in [5.41, 5.74) is 0. The zero-order valence-corrected chi connectivity index (χ0v) is 12.9. The van der Waals surface area contributed by atoms with Crippen molar-refractivity contribution in [2.24, 2.45) is 0 Å². The summed E-state index contributed by atoms with van der Waals surface area (Å²) in [6.45, 7) is 0.0695. The Morgan fingerprint density at radius 3 is 2.73 bits per heavy atom. The van der Waals surface area contributed by atoms with E-state index in [1.807, 2.05) is 0 Å². The summed E-state index contributed by atoms with van der Waals surface area (Å²) in [7, 11) is 0. The average molecular weight is 330 g/mol. The monoisotopic (exact) mass is 328 g/mol. The van der Waals surface area contributed by atoms with Crippen molar-refractivity contribution in [3.05, 3.63) is 30.1 Å². The molecule has 1 nitrogen and oxygen atoms in total. The van der Waals surface area contributed by atoms with E-state index in [4.69, 9.17) is 4.74 Å². The first-order valence-electron chi connectivity index (χ1n) is 4.45. The summed E-state index contributed by atoms with van der Waals surface area (Å²) >= 11 is 4.25. The van der Waals surface area contributed by atoms with Crippen molar-refractivity contribution in [1.29, 1.82) is 0 Å². The van der Waals surface area contributed by atoms with Crippen LogP contribution in [0.25, 0.3) is 0 Å². The Morgan fingerprint density at radius 1 is 1.40 bits per heavy atom. The number of alkyl halides is 1. The molecule has 0 spiro atoms. The molecule has 80 valence electrons. The fraction of sp³-hybridized carbons (Fsp3) is 0.400. The van der Waals surface area contributed by atoms with Crippen LogP contribution in [0.2, 0.25) is 0 Å². The molecule has 1 aromatic rings. The number of benzene rings is 1. The van der Waals surface area contributed by atoms with Crippen LogP contribution in [-0.4, -0.2) is 13.3 Å². The van der Waals surface area contributed by atoms with Crippen LogP contribution in [0.3, 0.4) is 0 Å². The summed E-state index contributed by atoms with van der Waals surface area (Å²) in [5, 5.41) is 0. The molecule has 0 N–H and O–H groups in total. The van der Waals surface area contributed by atoms with Gasteiger partial charge in [-0.25, -0.2) is 4.39 Å². The van der Waals surface area contributed by atoms with Crippen LogP contribution in [0.5, 0.6) is 5.75 Å². The van der Waals surface area contributed by atoms with Gasteiger partial charge in [-0.05, 0) is 12.8 Å². The van der Waals surface area contributed by atoms with Crippen molar-refractivity contribution in [1.82, 2.24) is 0 Å². The Labute approximate surface area is 105 Å². The van der Waals surface area contributed by atoms with Gasteiger partial charge >= 0.3 is 30.0 Å². The van der Waals surface area contributed by atoms with Crippen LogP contribution in [-0.2, 0) is 16.3 Å². The number of ether oxygens (including phenoxy) is 1. The van der Waals surface area contributed by atoms with Crippen molar-refractivity contribution >= 4 is 13.6 Å². The molecule has 0 saturated carbocycles. The first-order valence-corrected chi connectivity index (χ1v) is 11.4. The van der Waals surface area contributed by atoms with Gasteiger partial charge in [0.2, 0.25) is 0 Å². The molecule has 0 heterocycles. The quantitative estimate of drug-likeness (QED) is 0.455. The zero-order valence-electron chi connectivity index (χ0n) is 8.31. The minimum absolute atomic E-state index is 0.337. The maximum atomic E-state index is 12.6. The van der Waals surface area contributed by atoms with E-state index in [-0.39, 0.29) is 12.5 Å². The molecule has 0 aliphatic carbocycles. The van der Waals surface area contributed by atoms with E-state index in [9.17, 15) is 8.78 Å². The van der Waals surface area contributed by atoms with Gasteiger partial charge in [-0.3, -0.25) is 4.39 Å². The number of hydrogen-bond acceptors (Lipinski definition) is 1. The SMILES string of the molecule is FCCCCOc1[c-]ccc(F)c1.[Zn+][Br]. The first-order chi connectivity index (χ1) is 7.33. The van der Waals surface area contributed by atoms with Gasteiger partial charge in [-0.1, -0.05) is 6.07 Å². The van der Waals surface area contributed by atoms with E-state index in [0.717, 1.165) is 0 Å². The molecular weight excluding hydrogens is 319 g/mol. The summed E-state index contributed by atoms with van der Waals surface area (Å²) in [5.74, 6) is 0.0260. The predicted molar refractivity (Wildman–Crippen MR) is 54.9 cm³/mol. The van der Waals surface area contributed by atoms with Crippen LogP contribution >= 0.6 is 13.6 Å².